The molecular weight excluding hydrogens is 255 g/mol. The van der Waals surface area contributed by atoms with E-state index in [4.69, 9.17) is 5.73 Å². The van der Waals surface area contributed by atoms with Crippen LogP contribution in [-0.4, -0.2) is 9.55 Å². The number of hydrogen-bond acceptors (Lipinski definition) is 2. The minimum Gasteiger partial charge on any atom is -0.383 e. The van der Waals surface area contributed by atoms with Gasteiger partial charge in [-0.1, -0.05) is 13.8 Å². The van der Waals surface area contributed by atoms with Gasteiger partial charge in [-0.3, -0.25) is 0 Å². The molecule has 2 aromatic rings. The van der Waals surface area contributed by atoms with Crippen molar-refractivity contribution in [1.82, 2.24) is 9.55 Å². The Morgan fingerprint density at radius 3 is 2.21 bits per heavy atom. The van der Waals surface area contributed by atoms with Crippen molar-refractivity contribution in [2.75, 3.05) is 5.73 Å². The molecule has 0 amide bonds. The number of nitrogens with two attached hydrogens (primary N) is 1. The molecule has 0 bridgehead atoms. The van der Waals surface area contributed by atoms with Gasteiger partial charge in [0.1, 0.15) is 23.2 Å². The van der Waals surface area contributed by atoms with E-state index in [9.17, 15) is 13.2 Å². The van der Waals surface area contributed by atoms with Crippen molar-refractivity contribution < 1.29 is 13.2 Å². The van der Waals surface area contributed by atoms with Crippen LogP contribution in [-0.2, 0) is 7.05 Å². The average molecular weight is 269 g/mol. The van der Waals surface area contributed by atoms with Crippen LogP contribution >= 0.6 is 0 Å². The molecule has 0 radical (unpaired) electrons. The van der Waals surface area contributed by atoms with E-state index < -0.39 is 17.5 Å². The molecule has 0 aliphatic rings. The zero-order valence-corrected chi connectivity index (χ0v) is 10.8. The minimum absolute atomic E-state index is 0.0782. The SMILES string of the molecule is CC(C)c1nc(-c2cc(F)c(F)cc2F)c(N)n1C. The van der Waals surface area contributed by atoms with E-state index in [0.29, 0.717) is 11.9 Å². The summed E-state index contributed by atoms with van der Waals surface area (Å²) in [7, 11) is 1.69. The van der Waals surface area contributed by atoms with Gasteiger partial charge in [0.15, 0.2) is 11.6 Å². The number of hydrogen-bond donors (Lipinski definition) is 1. The summed E-state index contributed by atoms with van der Waals surface area (Å²) in [6.07, 6.45) is 0. The van der Waals surface area contributed by atoms with E-state index in [-0.39, 0.29) is 23.0 Å². The van der Waals surface area contributed by atoms with E-state index in [2.05, 4.69) is 4.98 Å². The van der Waals surface area contributed by atoms with Crippen LogP contribution in [0.5, 0.6) is 0 Å². The molecule has 0 saturated carbocycles. The Hall–Kier alpha value is -1.98. The van der Waals surface area contributed by atoms with E-state index in [1.807, 2.05) is 13.8 Å². The van der Waals surface area contributed by atoms with Crippen LogP contribution in [0.2, 0.25) is 0 Å². The Morgan fingerprint density at radius 1 is 1.11 bits per heavy atom. The number of anilines is 1. The van der Waals surface area contributed by atoms with Crippen LogP contribution in [0.1, 0.15) is 25.6 Å². The van der Waals surface area contributed by atoms with Gasteiger partial charge in [0, 0.05) is 24.6 Å². The Bertz CT molecular complexity index is 633. The third kappa shape index (κ3) is 2.18. The fourth-order valence-electron chi connectivity index (χ4n) is 1.95. The van der Waals surface area contributed by atoms with Crippen molar-refractivity contribution in [3.63, 3.8) is 0 Å². The Morgan fingerprint density at radius 2 is 1.68 bits per heavy atom. The monoisotopic (exact) mass is 269 g/mol. The van der Waals surface area contributed by atoms with Crippen molar-refractivity contribution in [3.05, 3.63) is 35.4 Å². The molecule has 2 N–H and O–H groups in total. The molecule has 2 rings (SSSR count). The highest BCUT2D eigenvalue weighted by molar-refractivity contribution is 5.71. The second-order valence-electron chi connectivity index (χ2n) is 4.66. The molecule has 0 saturated heterocycles. The Kier molecular flexibility index (Phi) is 3.26. The summed E-state index contributed by atoms with van der Waals surface area (Å²) in [5.74, 6) is -2.31. The molecule has 0 spiro atoms. The van der Waals surface area contributed by atoms with Crippen molar-refractivity contribution in [2.24, 2.45) is 7.05 Å². The maximum atomic E-state index is 13.7. The zero-order valence-electron chi connectivity index (χ0n) is 10.8. The number of rotatable bonds is 2. The first-order chi connectivity index (χ1) is 8.82. The van der Waals surface area contributed by atoms with E-state index in [1.165, 1.54) is 0 Å². The molecular formula is C13H14F3N3. The second-order valence-corrected chi connectivity index (χ2v) is 4.66. The largest absolute Gasteiger partial charge is 0.383 e. The highest BCUT2D eigenvalue weighted by Crippen LogP contribution is 2.31. The van der Waals surface area contributed by atoms with E-state index in [1.54, 1.807) is 11.6 Å². The predicted octanol–water partition coefficient (Wildman–Crippen LogP) is 3.21. The molecule has 1 heterocycles. The third-order valence-corrected chi connectivity index (χ3v) is 2.96. The van der Waals surface area contributed by atoms with Gasteiger partial charge in [-0.25, -0.2) is 18.2 Å². The quantitative estimate of drug-likeness (QED) is 0.851. The molecule has 1 aromatic carbocycles. The number of nitrogens with zero attached hydrogens (tertiary/aromatic N) is 2. The summed E-state index contributed by atoms with van der Waals surface area (Å²) in [5, 5.41) is 0. The van der Waals surface area contributed by atoms with Crippen LogP contribution in [0.4, 0.5) is 19.0 Å². The van der Waals surface area contributed by atoms with Crippen molar-refractivity contribution in [1.29, 1.82) is 0 Å². The predicted molar refractivity (Wildman–Crippen MR) is 67.0 cm³/mol. The average Bonchev–Trinajstić information content (AvgIpc) is 2.62. The summed E-state index contributed by atoms with van der Waals surface area (Å²) in [6.45, 7) is 3.82. The molecule has 0 fully saturated rings. The molecule has 0 aliphatic heterocycles. The maximum absolute atomic E-state index is 13.7. The van der Waals surface area contributed by atoms with Crippen LogP contribution in [0.3, 0.4) is 0 Å². The molecule has 3 nitrogen and oxygen atoms in total. The fourth-order valence-corrected chi connectivity index (χ4v) is 1.95. The normalized spacial score (nSPS) is 11.3. The van der Waals surface area contributed by atoms with Gasteiger partial charge in [-0.15, -0.1) is 0 Å². The number of halogens is 3. The van der Waals surface area contributed by atoms with E-state index >= 15 is 0 Å². The maximum Gasteiger partial charge on any atom is 0.161 e. The summed E-state index contributed by atoms with van der Waals surface area (Å²) >= 11 is 0. The highest BCUT2D eigenvalue weighted by atomic mass is 19.2. The van der Waals surface area contributed by atoms with Crippen molar-refractivity contribution in [2.45, 2.75) is 19.8 Å². The van der Waals surface area contributed by atoms with Gasteiger partial charge in [0.05, 0.1) is 0 Å². The fraction of sp³-hybridized carbons (Fsp3) is 0.308. The standard InChI is InChI=1S/C13H14F3N3/c1-6(2)13-18-11(12(17)19(13)3)7-4-9(15)10(16)5-8(7)14/h4-6H,17H2,1-3H3. The zero-order chi connectivity index (χ0) is 14.3. The lowest BCUT2D eigenvalue weighted by Crippen LogP contribution is -2.03. The topological polar surface area (TPSA) is 43.8 Å². The minimum atomic E-state index is -1.24. The number of aromatic nitrogens is 2. The van der Waals surface area contributed by atoms with Crippen LogP contribution < -0.4 is 5.73 Å². The summed E-state index contributed by atoms with van der Waals surface area (Å²) in [4.78, 5) is 4.22. The lowest BCUT2D eigenvalue weighted by atomic mass is 10.1. The second kappa shape index (κ2) is 4.60. The third-order valence-electron chi connectivity index (χ3n) is 2.96. The molecule has 19 heavy (non-hydrogen) atoms. The molecule has 0 aliphatic carbocycles. The van der Waals surface area contributed by atoms with Crippen LogP contribution in [0.25, 0.3) is 11.3 Å². The summed E-state index contributed by atoms with van der Waals surface area (Å²) in [6, 6.07) is 1.27. The first kappa shape index (κ1) is 13.5. The van der Waals surface area contributed by atoms with Crippen LogP contribution in [0, 0.1) is 17.5 Å². The van der Waals surface area contributed by atoms with E-state index in [0.717, 1.165) is 6.07 Å². The highest BCUT2D eigenvalue weighted by Gasteiger charge is 2.20. The molecule has 0 unspecified atom stereocenters. The number of imidazole rings is 1. The van der Waals surface area contributed by atoms with Crippen LogP contribution in [0.15, 0.2) is 12.1 Å². The molecule has 0 atom stereocenters. The number of benzene rings is 1. The Labute approximate surface area is 108 Å². The molecule has 6 heteroatoms. The molecule has 102 valence electrons. The van der Waals surface area contributed by atoms with Crippen molar-refractivity contribution in [3.8, 4) is 11.3 Å². The van der Waals surface area contributed by atoms with Gasteiger partial charge in [-0.05, 0) is 6.07 Å². The lowest BCUT2D eigenvalue weighted by Gasteiger charge is -2.04. The van der Waals surface area contributed by atoms with Gasteiger partial charge < -0.3 is 10.3 Å². The molecule has 1 aromatic heterocycles. The van der Waals surface area contributed by atoms with Gasteiger partial charge in [0.2, 0.25) is 0 Å². The van der Waals surface area contributed by atoms with Gasteiger partial charge >= 0.3 is 0 Å². The van der Waals surface area contributed by atoms with Crippen molar-refractivity contribution >= 4 is 5.82 Å². The lowest BCUT2D eigenvalue weighted by molar-refractivity contribution is 0.496. The summed E-state index contributed by atoms with van der Waals surface area (Å²) < 4.78 is 41.5. The first-order valence-electron chi connectivity index (χ1n) is 5.80. The smallest absolute Gasteiger partial charge is 0.161 e. The van der Waals surface area contributed by atoms with Gasteiger partial charge in [0.25, 0.3) is 0 Å². The Balaban J connectivity index is 2.66. The number of nitrogen functional groups attached to an aromatic ring is 1. The summed E-state index contributed by atoms with van der Waals surface area (Å²) in [5.41, 5.74) is 5.84. The van der Waals surface area contributed by atoms with Gasteiger partial charge in [-0.2, -0.15) is 0 Å². The first-order valence-corrected chi connectivity index (χ1v) is 5.80.